The van der Waals surface area contributed by atoms with Crippen LogP contribution in [0.4, 0.5) is 13.2 Å². The second-order valence-corrected chi connectivity index (χ2v) is 4.70. The first kappa shape index (κ1) is 17.9. The third-order valence-corrected chi connectivity index (χ3v) is 3.09. The summed E-state index contributed by atoms with van der Waals surface area (Å²) in [6, 6.07) is 1.59. The number of ether oxygens (including phenoxy) is 1. The normalized spacial score (nSPS) is 14.1. The number of amides is 1. The molecule has 1 aromatic heterocycles. The van der Waals surface area contributed by atoms with E-state index in [1.165, 1.54) is 19.9 Å². The molecule has 1 aromatic rings. The molecule has 0 saturated heterocycles. The van der Waals surface area contributed by atoms with Crippen molar-refractivity contribution in [2.75, 3.05) is 6.61 Å². The van der Waals surface area contributed by atoms with Gasteiger partial charge in [-0.3, -0.25) is 14.6 Å². The molecule has 8 heteroatoms. The maximum Gasteiger partial charge on any atom is 0.434 e. The minimum absolute atomic E-state index is 0.185. The molecule has 0 radical (unpaired) electrons. The largest absolute Gasteiger partial charge is 0.466 e. The number of hydrogen-bond donors (Lipinski definition) is 1. The van der Waals surface area contributed by atoms with E-state index in [4.69, 9.17) is 4.74 Å². The molecule has 122 valence electrons. The molecular formula is C14H17F3N2O3. The molecule has 0 saturated carbocycles. The van der Waals surface area contributed by atoms with Crippen LogP contribution in [0.2, 0.25) is 0 Å². The fourth-order valence-corrected chi connectivity index (χ4v) is 1.70. The van der Waals surface area contributed by atoms with E-state index >= 15 is 0 Å². The van der Waals surface area contributed by atoms with Crippen LogP contribution in [0, 0.1) is 5.92 Å². The molecule has 5 nitrogen and oxygen atoms in total. The van der Waals surface area contributed by atoms with Crippen molar-refractivity contribution < 1.29 is 27.5 Å². The van der Waals surface area contributed by atoms with E-state index in [0.29, 0.717) is 0 Å². The molecular weight excluding hydrogens is 301 g/mol. The monoisotopic (exact) mass is 318 g/mol. The number of pyridine rings is 1. The lowest BCUT2D eigenvalue weighted by molar-refractivity contribution is -0.148. The quantitative estimate of drug-likeness (QED) is 0.847. The van der Waals surface area contributed by atoms with E-state index in [1.807, 2.05) is 0 Å². The first-order chi connectivity index (χ1) is 10.2. The highest BCUT2D eigenvalue weighted by molar-refractivity contribution is 5.95. The number of nitrogens with one attached hydrogen (secondary N) is 1. The molecule has 0 aliphatic carbocycles. The van der Waals surface area contributed by atoms with Crippen LogP contribution in [-0.4, -0.2) is 29.5 Å². The number of carbonyl (C=O) groups excluding carboxylic acids is 2. The third-order valence-electron chi connectivity index (χ3n) is 3.09. The third kappa shape index (κ3) is 4.44. The average Bonchev–Trinajstić information content (AvgIpc) is 2.45. The van der Waals surface area contributed by atoms with Gasteiger partial charge in [0.1, 0.15) is 0 Å². The standard InChI is InChI=1S/C14H17F3N2O3/c1-4-22-13(21)8(2)9(3)19-12(20)10-6-5-7-18-11(10)14(15,16)17/h5-9H,4H2,1-3H3,(H,19,20)/t8-,9-/m0/s1. The highest BCUT2D eigenvalue weighted by atomic mass is 19.4. The van der Waals surface area contributed by atoms with Gasteiger partial charge in [-0.2, -0.15) is 13.2 Å². The van der Waals surface area contributed by atoms with Crippen LogP contribution in [0.25, 0.3) is 0 Å². The molecule has 1 N–H and O–H groups in total. The number of hydrogen-bond acceptors (Lipinski definition) is 4. The van der Waals surface area contributed by atoms with E-state index in [0.717, 1.165) is 12.3 Å². The van der Waals surface area contributed by atoms with Gasteiger partial charge in [0.2, 0.25) is 0 Å². The lowest BCUT2D eigenvalue weighted by atomic mass is 10.0. The van der Waals surface area contributed by atoms with Crippen LogP contribution in [0.3, 0.4) is 0 Å². The highest BCUT2D eigenvalue weighted by Gasteiger charge is 2.37. The second-order valence-electron chi connectivity index (χ2n) is 4.70. The second kappa shape index (κ2) is 7.24. The Balaban J connectivity index is 2.88. The fraction of sp³-hybridized carbons (Fsp3) is 0.500. The topological polar surface area (TPSA) is 68.3 Å². The molecule has 2 atom stereocenters. The van der Waals surface area contributed by atoms with Gasteiger partial charge in [-0.1, -0.05) is 0 Å². The van der Waals surface area contributed by atoms with Crippen molar-refractivity contribution in [3.8, 4) is 0 Å². The maximum absolute atomic E-state index is 12.8. The summed E-state index contributed by atoms with van der Waals surface area (Å²) in [5, 5.41) is 2.37. The number of esters is 1. The van der Waals surface area contributed by atoms with E-state index in [9.17, 15) is 22.8 Å². The van der Waals surface area contributed by atoms with E-state index < -0.39 is 41.3 Å². The van der Waals surface area contributed by atoms with Crippen LogP contribution in [0.5, 0.6) is 0 Å². The van der Waals surface area contributed by atoms with Crippen LogP contribution < -0.4 is 5.32 Å². The van der Waals surface area contributed by atoms with Crippen molar-refractivity contribution in [1.29, 1.82) is 0 Å². The predicted octanol–water partition coefficient (Wildman–Crippen LogP) is 2.42. The number of aromatic nitrogens is 1. The van der Waals surface area contributed by atoms with Gasteiger partial charge in [-0.25, -0.2) is 0 Å². The van der Waals surface area contributed by atoms with Gasteiger partial charge in [-0.05, 0) is 32.9 Å². The smallest absolute Gasteiger partial charge is 0.434 e. The van der Waals surface area contributed by atoms with Gasteiger partial charge in [0.05, 0.1) is 18.1 Å². The van der Waals surface area contributed by atoms with Crippen LogP contribution in [0.1, 0.15) is 36.8 Å². The summed E-state index contributed by atoms with van der Waals surface area (Å²) in [7, 11) is 0. The van der Waals surface area contributed by atoms with E-state index in [2.05, 4.69) is 10.3 Å². The molecule has 0 unspecified atom stereocenters. The van der Waals surface area contributed by atoms with E-state index in [1.54, 1.807) is 6.92 Å². The Labute approximate surface area is 125 Å². The Kier molecular flexibility index (Phi) is 5.90. The van der Waals surface area contributed by atoms with Crippen molar-refractivity contribution in [2.24, 2.45) is 5.92 Å². The summed E-state index contributed by atoms with van der Waals surface area (Å²) in [6.07, 6.45) is -3.77. The van der Waals surface area contributed by atoms with Gasteiger partial charge >= 0.3 is 12.1 Å². The number of nitrogens with zero attached hydrogens (tertiary/aromatic N) is 1. The number of alkyl halides is 3. The van der Waals surface area contributed by atoms with Crippen molar-refractivity contribution >= 4 is 11.9 Å². The molecule has 22 heavy (non-hydrogen) atoms. The van der Waals surface area contributed by atoms with E-state index in [-0.39, 0.29) is 6.61 Å². The predicted molar refractivity (Wildman–Crippen MR) is 72.0 cm³/mol. The lowest BCUT2D eigenvalue weighted by Gasteiger charge is -2.20. The number of carbonyl (C=O) groups is 2. The summed E-state index contributed by atoms with van der Waals surface area (Å²) < 4.78 is 43.3. The SMILES string of the molecule is CCOC(=O)[C@@H](C)[C@H](C)NC(=O)c1cccnc1C(F)(F)F. The summed E-state index contributed by atoms with van der Waals surface area (Å²) in [5.41, 5.74) is -1.85. The van der Waals surface area contributed by atoms with Crippen molar-refractivity contribution in [1.82, 2.24) is 10.3 Å². The first-order valence-electron chi connectivity index (χ1n) is 6.68. The molecule has 0 fully saturated rings. The number of rotatable bonds is 5. The molecule has 0 aliphatic rings. The molecule has 1 heterocycles. The van der Waals surface area contributed by atoms with Crippen molar-refractivity contribution in [3.05, 3.63) is 29.6 Å². The summed E-state index contributed by atoms with van der Waals surface area (Å²) >= 11 is 0. The highest BCUT2D eigenvalue weighted by Crippen LogP contribution is 2.30. The minimum atomic E-state index is -4.73. The first-order valence-corrected chi connectivity index (χ1v) is 6.68. The molecule has 1 rings (SSSR count). The van der Waals surface area contributed by atoms with Gasteiger partial charge < -0.3 is 10.1 Å². The Bertz CT molecular complexity index is 546. The van der Waals surface area contributed by atoms with Crippen LogP contribution in [-0.2, 0) is 15.7 Å². The molecule has 1 amide bonds. The Morgan fingerprint density at radius 3 is 2.55 bits per heavy atom. The maximum atomic E-state index is 12.8. The van der Waals surface area contributed by atoms with Gasteiger partial charge in [-0.15, -0.1) is 0 Å². The zero-order valence-corrected chi connectivity index (χ0v) is 12.4. The zero-order valence-electron chi connectivity index (χ0n) is 12.4. The molecule has 0 aromatic carbocycles. The van der Waals surface area contributed by atoms with Crippen molar-refractivity contribution in [3.63, 3.8) is 0 Å². The lowest BCUT2D eigenvalue weighted by Crippen LogP contribution is -2.41. The van der Waals surface area contributed by atoms with Crippen LogP contribution in [0.15, 0.2) is 18.3 Å². The summed E-state index contributed by atoms with van der Waals surface area (Å²) in [6.45, 7) is 4.86. The Morgan fingerprint density at radius 2 is 2.00 bits per heavy atom. The summed E-state index contributed by atoms with van der Waals surface area (Å²) in [4.78, 5) is 26.8. The Hall–Kier alpha value is -2.12. The molecule has 0 spiro atoms. The van der Waals surface area contributed by atoms with Crippen molar-refractivity contribution in [2.45, 2.75) is 33.0 Å². The Morgan fingerprint density at radius 1 is 1.36 bits per heavy atom. The van der Waals surface area contributed by atoms with Crippen LogP contribution >= 0.6 is 0 Å². The fourth-order valence-electron chi connectivity index (χ4n) is 1.70. The molecule has 0 bridgehead atoms. The average molecular weight is 318 g/mol. The van der Waals surface area contributed by atoms with Gasteiger partial charge in [0.25, 0.3) is 5.91 Å². The molecule has 0 aliphatic heterocycles. The minimum Gasteiger partial charge on any atom is -0.466 e. The zero-order chi connectivity index (χ0) is 16.9. The summed E-state index contributed by atoms with van der Waals surface area (Å²) in [5.74, 6) is -2.16. The number of halogens is 3. The van der Waals surface area contributed by atoms with Gasteiger partial charge in [0, 0.05) is 12.2 Å². The van der Waals surface area contributed by atoms with Gasteiger partial charge in [0.15, 0.2) is 5.69 Å².